The SMILES string of the molecule is C/C=[C](\P(=O)(OCC)OCC)[Sn]([CH2]CCC)([CH2]CCC)[CH2]CCC. The first-order valence-electron chi connectivity index (χ1n) is 10.1. The average Bonchev–Trinajstić information content (AvgIpc) is 2.56. The summed E-state index contributed by atoms with van der Waals surface area (Å²) in [5.74, 6) is 0. The minimum absolute atomic E-state index is 0.450. The third-order valence-electron chi connectivity index (χ3n) is 4.74. The van der Waals surface area contributed by atoms with Gasteiger partial charge in [0.05, 0.1) is 0 Å². The first-order chi connectivity index (χ1) is 11.5. The zero-order valence-corrected chi connectivity index (χ0v) is 20.8. The second-order valence-corrected chi connectivity index (χ2v) is 22.9. The Morgan fingerprint density at radius 2 is 1.21 bits per heavy atom. The van der Waals surface area contributed by atoms with Gasteiger partial charge in [-0.15, -0.1) is 0 Å². The molecule has 0 atom stereocenters. The molecule has 0 aliphatic heterocycles. The maximum atomic E-state index is 13.6. The zero-order valence-electron chi connectivity index (χ0n) is 17.0. The van der Waals surface area contributed by atoms with E-state index in [2.05, 4.69) is 33.8 Å². The molecule has 24 heavy (non-hydrogen) atoms. The van der Waals surface area contributed by atoms with Gasteiger partial charge < -0.3 is 0 Å². The van der Waals surface area contributed by atoms with Crippen LogP contribution in [0.4, 0.5) is 0 Å². The molecule has 0 bridgehead atoms. The molecule has 0 saturated heterocycles. The summed E-state index contributed by atoms with van der Waals surface area (Å²) in [6, 6.07) is 0. The third-order valence-corrected chi connectivity index (χ3v) is 27.5. The summed E-state index contributed by atoms with van der Waals surface area (Å²) in [5.41, 5.74) is 0. The van der Waals surface area contributed by atoms with Gasteiger partial charge in [-0.05, 0) is 0 Å². The van der Waals surface area contributed by atoms with E-state index < -0.39 is 26.0 Å². The summed E-state index contributed by atoms with van der Waals surface area (Å²) in [4.78, 5) is 0. The van der Waals surface area contributed by atoms with E-state index >= 15 is 0 Å². The van der Waals surface area contributed by atoms with Crippen LogP contribution in [0.2, 0.25) is 13.3 Å². The van der Waals surface area contributed by atoms with Gasteiger partial charge in [-0.3, -0.25) is 0 Å². The number of hydrogen-bond donors (Lipinski definition) is 0. The Bertz CT molecular complexity index is 364. The number of rotatable bonds is 15. The van der Waals surface area contributed by atoms with Gasteiger partial charge in [0, 0.05) is 0 Å². The molecule has 3 nitrogen and oxygen atoms in total. The topological polar surface area (TPSA) is 35.5 Å². The minimum atomic E-state index is -3.12. The molecule has 0 amide bonds. The van der Waals surface area contributed by atoms with E-state index in [0.29, 0.717) is 13.2 Å². The van der Waals surface area contributed by atoms with E-state index in [-0.39, 0.29) is 0 Å². The van der Waals surface area contributed by atoms with Crippen molar-refractivity contribution in [3.8, 4) is 0 Å². The van der Waals surface area contributed by atoms with Crippen molar-refractivity contribution in [2.45, 2.75) is 93.4 Å². The van der Waals surface area contributed by atoms with Crippen LogP contribution < -0.4 is 0 Å². The molecule has 0 heterocycles. The fourth-order valence-corrected chi connectivity index (χ4v) is 28.7. The van der Waals surface area contributed by atoms with Crippen molar-refractivity contribution in [2.24, 2.45) is 0 Å². The van der Waals surface area contributed by atoms with Gasteiger partial charge in [0.25, 0.3) is 0 Å². The van der Waals surface area contributed by atoms with E-state index in [0.717, 1.165) is 3.33 Å². The van der Waals surface area contributed by atoms with Crippen LogP contribution in [0.1, 0.15) is 80.1 Å². The van der Waals surface area contributed by atoms with Crippen LogP contribution in [0.5, 0.6) is 0 Å². The molecule has 0 rings (SSSR count). The van der Waals surface area contributed by atoms with Crippen LogP contribution in [-0.2, 0) is 13.6 Å². The number of allylic oxidation sites excluding steroid dienone is 1. The normalized spacial score (nSPS) is 13.5. The summed E-state index contributed by atoms with van der Waals surface area (Å²) in [6.45, 7) is 13.6. The van der Waals surface area contributed by atoms with Gasteiger partial charge in [-0.1, -0.05) is 0 Å². The van der Waals surface area contributed by atoms with Crippen molar-refractivity contribution in [1.29, 1.82) is 0 Å². The molecule has 0 fully saturated rings. The van der Waals surface area contributed by atoms with Gasteiger partial charge in [-0.25, -0.2) is 0 Å². The third kappa shape index (κ3) is 7.51. The van der Waals surface area contributed by atoms with Crippen molar-refractivity contribution in [3.63, 3.8) is 0 Å². The van der Waals surface area contributed by atoms with Crippen LogP contribution in [0.25, 0.3) is 0 Å². The Hall–Kier alpha value is 0.689. The van der Waals surface area contributed by atoms with Crippen molar-refractivity contribution in [1.82, 2.24) is 0 Å². The average molecular weight is 467 g/mol. The van der Waals surface area contributed by atoms with Crippen LogP contribution in [-0.4, -0.2) is 31.6 Å². The molecule has 0 N–H and O–H groups in total. The van der Waals surface area contributed by atoms with Crippen LogP contribution in [0.3, 0.4) is 0 Å². The molecule has 0 aromatic rings. The van der Waals surface area contributed by atoms with Gasteiger partial charge in [0.2, 0.25) is 0 Å². The molecular formula is C19H41O3PSn. The quantitative estimate of drug-likeness (QED) is 0.184. The molecule has 0 saturated carbocycles. The fourth-order valence-electron chi connectivity index (χ4n) is 3.58. The maximum absolute atomic E-state index is 13.6. The van der Waals surface area contributed by atoms with E-state index in [4.69, 9.17) is 9.05 Å². The Kier molecular flexibility index (Phi) is 14.2. The Morgan fingerprint density at radius 1 is 0.833 bits per heavy atom. The monoisotopic (exact) mass is 468 g/mol. The molecule has 0 aromatic carbocycles. The summed E-state index contributed by atoms with van der Waals surface area (Å²) >= 11 is -2.77. The van der Waals surface area contributed by atoms with E-state index in [1.54, 1.807) is 0 Å². The predicted molar refractivity (Wildman–Crippen MR) is 110 cm³/mol. The molecule has 0 radical (unpaired) electrons. The van der Waals surface area contributed by atoms with Crippen LogP contribution >= 0.6 is 7.60 Å². The molecule has 0 unspecified atom stereocenters. The van der Waals surface area contributed by atoms with E-state index in [1.165, 1.54) is 51.8 Å². The molecule has 0 aromatic heterocycles. The van der Waals surface area contributed by atoms with Gasteiger partial charge in [-0.2, -0.15) is 0 Å². The van der Waals surface area contributed by atoms with Crippen molar-refractivity contribution in [2.75, 3.05) is 13.2 Å². The van der Waals surface area contributed by atoms with Crippen LogP contribution in [0, 0.1) is 0 Å². The van der Waals surface area contributed by atoms with Crippen LogP contribution in [0.15, 0.2) is 9.41 Å². The fraction of sp³-hybridized carbons (Fsp3) is 0.895. The zero-order chi connectivity index (χ0) is 18.5. The Labute approximate surface area is 155 Å². The van der Waals surface area contributed by atoms with Gasteiger partial charge in [0.15, 0.2) is 0 Å². The Balaban J connectivity index is 5.91. The molecule has 144 valence electrons. The second kappa shape index (κ2) is 13.8. The second-order valence-electron chi connectivity index (χ2n) is 6.60. The molecule has 5 heteroatoms. The van der Waals surface area contributed by atoms with Crippen molar-refractivity contribution >= 4 is 26.0 Å². The first kappa shape index (κ1) is 24.7. The number of unbranched alkanes of at least 4 members (excludes halogenated alkanes) is 3. The van der Waals surface area contributed by atoms with E-state index in [1.807, 2.05) is 13.8 Å². The van der Waals surface area contributed by atoms with Gasteiger partial charge in [0.1, 0.15) is 0 Å². The molecule has 0 aliphatic carbocycles. The summed E-state index contributed by atoms with van der Waals surface area (Å²) in [7, 11) is -3.12. The van der Waals surface area contributed by atoms with Gasteiger partial charge >= 0.3 is 156 Å². The Morgan fingerprint density at radius 3 is 1.46 bits per heavy atom. The molecule has 0 spiro atoms. The molecular weight excluding hydrogens is 426 g/mol. The molecule has 0 aliphatic rings. The van der Waals surface area contributed by atoms with E-state index in [9.17, 15) is 4.57 Å². The summed E-state index contributed by atoms with van der Waals surface area (Å²) < 4.78 is 30.2. The predicted octanol–water partition coefficient (Wildman–Crippen LogP) is 7.54. The summed E-state index contributed by atoms with van der Waals surface area (Å²) in [5, 5.41) is 0. The first-order valence-corrected chi connectivity index (χ1v) is 19.1. The number of hydrogen-bond acceptors (Lipinski definition) is 3. The standard InChI is InChI=1S/C7H14O3P.3C4H9.Sn/c1-4-7-11(8,9-5-2)10-6-3;3*1-3-4-2;/h4H,5-6H2,1-3H3;3*1,3-4H2,2H3;. The summed E-state index contributed by atoms with van der Waals surface area (Å²) in [6.07, 6.45) is 9.50. The van der Waals surface area contributed by atoms with Crippen molar-refractivity contribution < 1.29 is 13.6 Å². The van der Waals surface area contributed by atoms with Crippen molar-refractivity contribution in [3.05, 3.63) is 9.41 Å².